The Balaban J connectivity index is 0.00000256. The Bertz CT molecular complexity index is 961. The molecular weight excluding hydrogens is 418 g/mol. The Hall–Kier alpha value is -1.86. The van der Waals surface area contributed by atoms with E-state index in [-0.39, 0.29) is 19.0 Å². The van der Waals surface area contributed by atoms with E-state index in [0.717, 1.165) is 55.5 Å². The van der Waals surface area contributed by atoms with Gasteiger partial charge in [0.15, 0.2) is 0 Å². The Morgan fingerprint density at radius 3 is 2.43 bits per heavy atom. The standard InChI is InChI=1S/C23H29N3O2S.ClH/c1-4-25-10-12-26(13-11-25)22-19-9-14-29-21(19)15-20(24-22)17-5-7-18(8-6-17)28-16-23(2,3)27;/h5-9,14-15,27H,4,10-13,16H2,1-3H3;1H. The van der Waals surface area contributed by atoms with Gasteiger partial charge in [0.25, 0.3) is 0 Å². The predicted molar refractivity (Wildman–Crippen MR) is 128 cm³/mol. The highest BCUT2D eigenvalue weighted by Crippen LogP contribution is 2.34. The van der Waals surface area contributed by atoms with Crippen molar-refractivity contribution >= 4 is 39.6 Å². The molecule has 2 aromatic heterocycles. The molecule has 0 spiro atoms. The van der Waals surface area contributed by atoms with Crippen molar-refractivity contribution in [2.24, 2.45) is 0 Å². The van der Waals surface area contributed by atoms with Crippen molar-refractivity contribution in [1.29, 1.82) is 0 Å². The zero-order valence-electron chi connectivity index (χ0n) is 17.8. The van der Waals surface area contributed by atoms with Crippen LogP contribution in [0, 0.1) is 0 Å². The van der Waals surface area contributed by atoms with Gasteiger partial charge in [-0.25, -0.2) is 4.98 Å². The maximum Gasteiger partial charge on any atom is 0.138 e. The number of thiophene rings is 1. The molecule has 4 rings (SSSR count). The summed E-state index contributed by atoms with van der Waals surface area (Å²) < 4.78 is 6.95. The number of fused-ring (bicyclic) bond motifs is 1. The molecule has 0 aliphatic carbocycles. The lowest BCUT2D eigenvalue weighted by atomic mass is 10.1. The number of likely N-dealkylation sites (N-methyl/N-ethyl adjacent to an activating group) is 1. The zero-order valence-corrected chi connectivity index (χ0v) is 19.4. The smallest absolute Gasteiger partial charge is 0.138 e. The third-order valence-electron chi connectivity index (χ3n) is 5.29. The van der Waals surface area contributed by atoms with E-state index in [4.69, 9.17) is 9.72 Å². The first-order valence-electron chi connectivity index (χ1n) is 10.2. The minimum absolute atomic E-state index is 0. The first-order chi connectivity index (χ1) is 13.9. The summed E-state index contributed by atoms with van der Waals surface area (Å²) in [6, 6.07) is 12.3. The summed E-state index contributed by atoms with van der Waals surface area (Å²) in [7, 11) is 0. The second-order valence-corrected chi connectivity index (χ2v) is 9.16. The topological polar surface area (TPSA) is 48.8 Å². The predicted octanol–water partition coefficient (Wildman–Crippen LogP) is 4.68. The fraction of sp³-hybridized carbons (Fsp3) is 0.435. The molecule has 1 aliphatic heterocycles. The number of hydrogen-bond donors (Lipinski definition) is 1. The van der Waals surface area contributed by atoms with Gasteiger partial charge < -0.3 is 19.6 Å². The van der Waals surface area contributed by atoms with Gasteiger partial charge in [0.05, 0.1) is 11.3 Å². The van der Waals surface area contributed by atoms with Gasteiger partial charge in [-0.3, -0.25) is 0 Å². The fourth-order valence-corrected chi connectivity index (χ4v) is 4.41. The van der Waals surface area contributed by atoms with Crippen molar-refractivity contribution in [3.8, 4) is 17.0 Å². The normalized spacial score (nSPS) is 15.3. The number of halogens is 1. The number of aromatic nitrogens is 1. The summed E-state index contributed by atoms with van der Waals surface area (Å²) in [6.45, 7) is 11.3. The molecule has 1 aromatic carbocycles. The second-order valence-electron chi connectivity index (χ2n) is 8.21. The Morgan fingerprint density at radius 1 is 1.10 bits per heavy atom. The van der Waals surface area contributed by atoms with Crippen LogP contribution in [-0.2, 0) is 0 Å². The van der Waals surface area contributed by atoms with Crippen molar-refractivity contribution in [2.75, 3.05) is 44.2 Å². The third kappa shape index (κ3) is 5.24. The van der Waals surface area contributed by atoms with Crippen LogP contribution in [-0.4, -0.2) is 59.9 Å². The van der Waals surface area contributed by atoms with Crippen LogP contribution in [0.5, 0.6) is 5.75 Å². The molecule has 3 aromatic rings. The molecule has 3 heterocycles. The molecule has 0 unspecified atom stereocenters. The molecule has 5 nitrogen and oxygen atoms in total. The minimum Gasteiger partial charge on any atom is -0.491 e. The highest BCUT2D eigenvalue weighted by atomic mass is 35.5. The van der Waals surface area contributed by atoms with E-state index >= 15 is 0 Å². The molecule has 1 fully saturated rings. The molecule has 162 valence electrons. The largest absolute Gasteiger partial charge is 0.491 e. The van der Waals surface area contributed by atoms with E-state index in [0.29, 0.717) is 0 Å². The van der Waals surface area contributed by atoms with Crippen LogP contribution in [0.15, 0.2) is 41.8 Å². The van der Waals surface area contributed by atoms with Gasteiger partial charge in [-0.15, -0.1) is 23.7 Å². The van der Waals surface area contributed by atoms with E-state index in [2.05, 4.69) is 34.2 Å². The lowest BCUT2D eigenvalue weighted by Gasteiger charge is -2.35. The molecular formula is C23H30ClN3O2S. The number of anilines is 1. The number of rotatable bonds is 6. The fourth-order valence-electron chi connectivity index (χ4n) is 3.59. The lowest BCUT2D eigenvalue weighted by Crippen LogP contribution is -2.46. The van der Waals surface area contributed by atoms with Crippen molar-refractivity contribution in [1.82, 2.24) is 9.88 Å². The van der Waals surface area contributed by atoms with Crippen LogP contribution in [0.4, 0.5) is 5.82 Å². The van der Waals surface area contributed by atoms with Gasteiger partial charge in [-0.2, -0.15) is 0 Å². The molecule has 0 radical (unpaired) electrons. The molecule has 30 heavy (non-hydrogen) atoms. The van der Waals surface area contributed by atoms with Crippen LogP contribution < -0.4 is 9.64 Å². The molecule has 0 bridgehead atoms. The second kappa shape index (κ2) is 9.52. The zero-order chi connectivity index (χ0) is 20.4. The Labute approximate surface area is 188 Å². The molecule has 0 amide bonds. The van der Waals surface area contributed by atoms with Crippen LogP contribution in [0.25, 0.3) is 21.3 Å². The van der Waals surface area contributed by atoms with Crippen molar-refractivity contribution in [3.05, 3.63) is 41.8 Å². The van der Waals surface area contributed by atoms with E-state index in [1.165, 1.54) is 10.1 Å². The van der Waals surface area contributed by atoms with Crippen molar-refractivity contribution in [2.45, 2.75) is 26.4 Å². The average Bonchev–Trinajstić information content (AvgIpc) is 3.20. The number of piperazine rings is 1. The van der Waals surface area contributed by atoms with E-state index in [9.17, 15) is 5.11 Å². The van der Waals surface area contributed by atoms with E-state index < -0.39 is 5.60 Å². The summed E-state index contributed by atoms with van der Waals surface area (Å²) in [4.78, 5) is 9.97. The summed E-state index contributed by atoms with van der Waals surface area (Å²) in [5.74, 6) is 1.85. The van der Waals surface area contributed by atoms with Crippen molar-refractivity contribution in [3.63, 3.8) is 0 Å². The van der Waals surface area contributed by atoms with Crippen LogP contribution >= 0.6 is 23.7 Å². The molecule has 1 aliphatic rings. The summed E-state index contributed by atoms with van der Waals surface area (Å²) in [6.07, 6.45) is 0. The van der Waals surface area contributed by atoms with E-state index in [1.807, 2.05) is 24.3 Å². The number of aliphatic hydroxyl groups is 1. The third-order valence-corrected chi connectivity index (χ3v) is 6.16. The maximum absolute atomic E-state index is 9.84. The van der Waals surface area contributed by atoms with Gasteiger partial charge in [-0.1, -0.05) is 6.92 Å². The molecule has 7 heteroatoms. The molecule has 0 saturated carbocycles. The van der Waals surface area contributed by atoms with Gasteiger partial charge in [0.1, 0.15) is 18.2 Å². The number of ether oxygens (including phenoxy) is 1. The average molecular weight is 448 g/mol. The van der Waals surface area contributed by atoms with Gasteiger partial charge in [-0.05, 0) is 62.2 Å². The minimum atomic E-state index is -0.846. The van der Waals surface area contributed by atoms with Gasteiger partial charge >= 0.3 is 0 Å². The van der Waals surface area contributed by atoms with E-state index in [1.54, 1.807) is 25.2 Å². The summed E-state index contributed by atoms with van der Waals surface area (Å²) in [5.41, 5.74) is 1.22. The number of nitrogens with zero attached hydrogens (tertiary/aromatic N) is 3. The van der Waals surface area contributed by atoms with Crippen LogP contribution in [0.3, 0.4) is 0 Å². The van der Waals surface area contributed by atoms with Crippen LogP contribution in [0.1, 0.15) is 20.8 Å². The number of hydrogen-bond acceptors (Lipinski definition) is 6. The maximum atomic E-state index is 9.84. The Morgan fingerprint density at radius 2 is 1.80 bits per heavy atom. The van der Waals surface area contributed by atoms with Crippen LogP contribution in [0.2, 0.25) is 0 Å². The van der Waals surface area contributed by atoms with Gasteiger partial charge in [0, 0.05) is 41.8 Å². The lowest BCUT2D eigenvalue weighted by molar-refractivity contribution is 0.0285. The van der Waals surface area contributed by atoms with Crippen molar-refractivity contribution < 1.29 is 9.84 Å². The first kappa shape index (κ1) is 22.8. The molecule has 0 atom stereocenters. The monoisotopic (exact) mass is 447 g/mol. The first-order valence-corrected chi connectivity index (χ1v) is 11.1. The highest BCUT2D eigenvalue weighted by Gasteiger charge is 2.20. The quantitative estimate of drug-likeness (QED) is 0.594. The van der Waals surface area contributed by atoms with Gasteiger partial charge in [0.2, 0.25) is 0 Å². The number of pyridine rings is 1. The number of benzene rings is 1. The molecule has 1 N–H and O–H groups in total. The highest BCUT2D eigenvalue weighted by molar-refractivity contribution is 7.17. The summed E-state index contributed by atoms with van der Waals surface area (Å²) >= 11 is 1.76. The Kier molecular flexibility index (Phi) is 7.24. The summed E-state index contributed by atoms with van der Waals surface area (Å²) in [5, 5.41) is 13.2. The molecule has 1 saturated heterocycles. The SMILES string of the molecule is CCN1CCN(c2nc(-c3ccc(OCC(C)(C)O)cc3)cc3sccc23)CC1.Cl.